The molecule has 1 aromatic heterocycles. The molecule has 4 rings (SSSR count). The van der Waals surface area contributed by atoms with E-state index in [1.807, 2.05) is 4.57 Å². The third-order valence-corrected chi connectivity index (χ3v) is 5.22. The maximum atomic E-state index is 12.8. The average Bonchev–Trinajstić information content (AvgIpc) is 3.35. The van der Waals surface area contributed by atoms with Crippen molar-refractivity contribution < 1.29 is 18.3 Å². The zero-order chi connectivity index (χ0) is 20.2. The Morgan fingerprint density at radius 3 is 2.72 bits per heavy atom. The first-order valence-corrected chi connectivity index (χ1v) is 9.67. The molecule has 0 aliphatic heterocycles. The van der Waals surface area contributed by atoms with Crippen molar-refractivity contribution in [2.75, 3.05) is 0 Å². The van der Waals surface area contributed by atoms with E-state index >= 15 is 0 Å². The van der Waals surface area contributed by atoms with Crippen LogP contribution in [-0.4, -0.2) is 22.3 Å². The fourth-order valence-corrected chi connectivity index (χ4v) is 3.79. The summed E-state index contributed by atoms with van der Waals surface area (Å²) in [5.74, 6) is 0.831. The van der Waals surface area contributed by atoms with E-state index in [2.05, 4.69) is 15.8 Å². The van der Waals surface area contributed by atoms with Crippen molar-refractivity contribution in [3.05, 3.63) is 59.4 Å². The minimum atomic E-state index is -2.90. The van der Waals surface area contributed by atoms with Crippen LogP contribution in [0, 0.1) is 11.3 Å². The molecular weight excluding hydrogens is 376 g/mol. The molecule has 1 aliphatic rings. The van der Waals surface area contributed by atoms with Gasteiger partial charge in [-0.1, -0.05) is 31.0 Å². The van der Waals surface area contributed by atoms with Crippen LogP contribution in [0.4, 0.5) is 8.78 Å². The molecule has 0 amide bonds. The topological polar surface area (TPSA) is 60.1 Å². The predicted octanol–water partition coefficient (Wildman–Crippen LogP) is 5.02. The van der Waals surface area contributed by atoms with Gasteiger partial charge < -0.3 is 14.0 Å². The summed E-state index contributed by atoms with van der Waals surface area (Å²) in [6, 6.07) is 14.1. The number of halogens is 2. The second-order valence-electron chi connectivity index (χ2n) is 7.13. The fourth-order valence-electron chi connectivity index (χ4n) is 3.79. The number of alkyl halides is 2. The Balaban J connectivity index is 1.70. The number of nitriles is 1. The molecule has 1 fully saturated rings. The third kappa shape index (κ3) is 4.38. The maximum absolute atomic E-state index is 12.8. The van der Waals surface area contributed by atoms with Crippen molar-refractivity contribution in [2.24, 2.45) is 0 Å². The summed E-state index contributed by atoms with van der Waals surface area (Å²) in [5.41, 5.74) is 2.62. The summed E-state index contributed by atoms with van der Waals surface area (Å²) in [6.07, 6.45) is 4.66. The molecule has 150 valence electrons. The van der Waals surface area contributed by atoms with Crippen molar-refractivity contribution in [2.45, 2.75) is 51.6 Å². The second-order valence-corrected chi connectivity index (χ2v) is 7.13. The van der Waals surface area contributed by atoms with Gasteiger partial charge in [-0.3, -0.25) is 0 Å². The monoisotopic (exact) mass is 397 g/mol. The molecule has 0 radical (unpaired) electrons. The van der Waals surface area contributed by atoms with E-state index in [1.54, 1.807) is 36.4 Å². The quantitative estimate of drug-likeness (QED) is 0.562. The zero-order valence-corrected chi connectivity index (χ0v) is 15.9. The molecule has 1 saturated carbocycles. The number of nitrogens with zero attached hydrogens (tertiary/aromatic N) is 3. The van der Waals surface area contributed by atoms with Gasteiger partial charge in [0.05, 0.1) is 35.3 Å². The summed E-state index contributed by atoms with van der Waals surface area (Å²) in [5, 5.41) is 9.27. The van der Waals surface area contributed by atoms with E-state index < -0.39 is 6.61 Å². The first-order chi connectivity index (χ1) is 14.1. The van der Waals surface area contributed by atoms with Crippen molar-refractivity contribution in [3.8, 4) is 11.8 Å². The summed E-state index contributed by atoms with van der Waals surface area (Å²) in [4.78, 5) is 4.68. The van der Waals surface area contributed by atoms with Gasteiger partial charge in [-0.25, -0.2) is 4.98 Å². The number of imidazole rings is 1. The molecule has 0 atom stereocenters. The zero-order valence-electron chi connectivity index (χ0n) is 15.9. The number of rotatable bonds is 7. The molecule has 2 aromatic carbocycles. The molecule has 0 saturated heterocycles. The molecule has 3 aromatic rings. The van der Waals surface area contributed by atoms with Gasteiger partial charge in [0.15, 0.2) is 0 Å². The van der Waals surface area contributed by atoms with Gasteiger partial charge in [0.25, 0.3) is 0 Å². The van der Waals surface area contributed by atoms with Crippen LogP contribution in [0.3, 0.4) is 0 Å². The van der Waals surface area contributed by atoms with Crippen LogP contribution in [0.25, 0.3) is 11.0 Å². The van der Waals surface area contributed by atoms with Crippen LogP contribution in [0.2, 0.25) is 0 Å². The van der Waals surface area contributed by atoms with Crippen molar-refractivity contribution in [1.29, 1.82) is 5.26 Å². The summed E-state index contributed by atoms with van der Waals surface area (Å²) in [7, 11) is 0. The molecule has 0 bridgehead atoms. The normalized spacial score (nSPS) is 14.6. The van der Waals surface area contributed by atoms with Gasteiger partial charge in [-0.05, 0) is 37.1 Å². The molecule has 0 unspecified atom stereocenters. The molecule has 0 spiro atoms. The largest absolute Gasteiger partial charge is 0.434 e. The van der Waals surface area contributed by atoms with Gasteiger partial charge in [0, 0.05) is 5.56 Å². The summed E-state index contributed by atoms with van der Waals surface area (Å²) in [6.45, 7) is -2.28. The van der Waals surface area contributed by atoms with Crippen LogP contribution in [0.15, 0.2) is 42.5 Å². The maximum Gasteiger partial charge on any atom is 0.387 e. The Bertz CT molecular complexity index is 1040. The van der Waals surface area contributed by atoms with Gasteiger partial charge >= 0.3 is 6.61 Å². The van der Waals surface area contributed by atoms with E-state index in [1.165, 1.54) is 18.9 Å². The highest BCUT2D eigenvalue weighted by Gasteiger charge is 2.19. The lowest BCUT2D eigenvalue weighted by atomic mass is 10.2. The second kappa shape index (κ2) is 8.58. The number of aromatic nitrogens is 2. The molecule has 0 N–H and O–H groups in total. The Hall–Kier alpha value is -2.98. The fraction of sp³-hybridized carbons (Fsp3) is 0.364. The third-order valence-electron chi connectivity index (χ3n) is 5.22. The first kappa shape index (κ1) is 19.3. The molecule has 1 aliphatic carbocycles. The van der Waals surface area contributed by atoms with Crippen LogP contribution in [0.5, 0.6) is 5.75 Å². The van der Waals surface area contributed by atoms with Gasteiger partial charge in [0.1, 0.15) is 18.2 Å². The van der Waals surface area contributed by atoms with Crippen LogP contribution < -0.4 is 4.74 Å². The van der Waals surface area contributed by atoms with Crippen LogP contribution >= 0.6 is 0 Å². The lowest BCUT2D eigenvalue weighted by molar-refractivity contribution is -0.0505. The van der Waals surface area contributed by atoms with Gasteiger partial charge in [-0.15, -0.1) is 0 Å². The average molecular weight is 397 g/mol. The smallest absolute Gasteiger partial charge is 0.387 e. The van der Waals surface area contributed by atoms with Crippen LogP contribution in [-0.2, 0) is 17.9 Å². The summed E-state index contributed by atoms with van der Waals surface area (Å²) < 4.78 is 38.3. The van der Waals surface area contributed by atoms with E-state index in [4.69, 9.17) is 4.74 Å². The first-order valence-electron chi connectivity index (χ1n) is 9.67. The Morgan fingerprint density at radius 1 is 1.17 bits per heavy atom. The van der Waals surface area contributed by atoms with E-state index in [-0.39, 0.29) is 18.4 Å². The number of ether oxygens (including phenoxy) is 2. The molecule has 7 heteroatoms. The number of para-hydroxylation sites is 1. The molecule has 1 heterocycles. The van der Waals surface area contributed by atoms with Crippen molar-refractivity contribution >= 4 is 11.0 Å². The highest BCUT2D eigenvalue weighted by Crippen LogP contribution is 2.27. The van der Waals surface area contributed by atoms with Crippen molar-refractivity contribution in [3.63, 3.8) is 0 Å². The van der Waals surface area contributed by atoms with E-state index in [0.29, 0.717) is 23.6 Å². The Kier molecular flexibility index (Phi) is 5.72. The lowest BCUT2D eigenvalue weighted by Crippen LogP contribution is -2.13. The molecule has 29 heavy (non-hydrogen) atoms. The predicted molar refractivity (Wildman–Crippen MR) is 104 cm³/mol. The minimum Gasteiger partial charge on any atom is -0.434 e. The Morgan fingerprint density at radius 2 is 1.97 bits per heavy atom. The van der Waals surface area contributed by atoms with E-state index in [0.717, 1.165) is 23.9 Å². The number of benzene rings is 2. The number of hydrogen-bond donors (Lipinski definition) is 0. The standard InChI is InChI=1S/C22H21F2N3O2/c23-22(24)29-20-8-4-1-5-16(20)13-27-19-11-15(12-25)9-10-18(19)26-21(27)14-28-17-6-2-3-7-17/h1,4-5,8-11,17,22H,2-3,6-7,13-14H2. The Labute approximate surface area is 167 Å². The van der Waals surface area contributed by atoms with Crippen LogP contribution in [0.1, 0.15) is 42.6 Å². The minimum absolute atomic E-state index is 0.128. The highest BCUT2D eigenvalue weighted by molar-refractivity contribution is 5.78. The van der Waals surface area contributed by atoms with E-state index in [9.17, 15) is 14.0 Å². The SMILES string of the molecule is N#Cc1ccc2nc(COC3CCCC3)n(Cc3ccccc3OC(F)F)c2c1. The molecular formula is C22H21F2N3O2. The lowest BCUT2D eigenvalue weighted by Gasteiger charge is -2.15. The van der Waals surface area contributed by atoms with Crippen molar-refractivity contribution in [1.82, 2.24) is 9.55 Å². The molecule has 5 nitrogen and oxygen atoms in total. The number of hydrogen-bond acceptors (Lipinski definition) is 4. The highest BCUT2D eigenvalue weighted by atomic mass is 19.3. The summed E-state index contributed by atoms with van der Waals surface area (Å²) >= 11 is 0. The number of fused-ring (bicyclic) bond motifs is 1. The van der Waals surface area contributed by atoms with Gasteiger partial charge in [-0.2, -0.15) is 14.0 Å². The van der Waals surface area contributed by atoms with Gasteiger partial charge in [0.2, 0.25) is 0 Å².